The highest BCUT2D eigenvalue weighted by Gasteiger charge is 2.36. The summed E-state index contributed by atoms with van der Waals surface area (Å²) in [6.45, 7) is 10.6. The number of nitrogens with one attached hydrogen (secondary N) is 1. The van der Waals surface area contributed by atoms with Crippen molar-refractivity contribution in [3.63, 3.8) is 0 Å². The minimum Gasteiger partial charge on any atom is -0.319 e. The molecule has 108 valence electrons. The van der Waals surface area contributed by atoms with Gasteiger partial charge < -0.3 is 5.32 Å². The average molecular weight is 279 g/mol. The van der Waals surface area contributed by atoms with E-state index in [0.29, 0.717) is 5.41 Å². The van der Waals surface area contributed by atoms with Gasteiger partial charge in [0.2, 0.25) is 0 Å². The monoisotopic (exact) mass is 279 g/mol. The Labute approximate surface area is 122 Å². The van der Waals surface area contributed by atoms with E-state index in [1.807, 2.05) is 11.3 Å². The second kappa shape index (κ2) is 5.97. The van der Waals surface area contributed by atoms with Crippen LogP contribution in [0.2, 0.25) is 0 Å². The zero-order chi connectivity index (χ0) is 14.0. The number of aryl methyl sites for hydroxylation is 1. The van der Waals surface area contributed by atoms with Crippen molar-refractivity contribution in [3.05, 3.63) is 21.9 Å². The molecule has 1 aromatic heterocycles. The van der Waals surface area contributed by atoms with Gasteiger partial charge in [0.25, 0.3) is 0 Å². The van der Waals surface area contributed by atoms with Crippen LogP contribution in [0, 0.1) is 24.2 Å². The summed E-state index contributed by atoms with van der Waals surface area (Å²) in [7, 11) is 2.09. The minimum absolute atomic E-state index is 0.452. The molecule has 1 aromatic rings. The molecule has 0 aliphatic heterocycles. The van der Waals surface area contributed by atoms with Gasteiger partial charge in [-0.2, -0.15) is 0 Å². The summed E-state index contributed by atoms with van der Waals surface area (Å²) in [6.07, 6.45) is 4.14. The summed E-state index contributed by atoms with van der Waals surface area (Å²) >= 11 is 1.91. The first kappa shape index (κ1) is 15.1. The SMILES string of the molecule is CNCC1CCC(C(C)(C)C)CC1c1csc(C)c1. The summed E-state index contributed by atoms with van der Waals surface area (Å²) in [5.41, 5.74) is 2.05. The predicted octanol–water partition coefficient (Wildman–Crippen LogP) is 4.82. The predicted molar refractivity (Wildman–Crippen MR) is 86.0 cm³/mol. The fourth-order valence-electron chi connectivity index (χ4n) is 3.59. The smallest absolute Gasteiger partial charge is 0.00171 e. The fraction of sp³-hybridized carbons (Fsp3) is 0.765. The largest absolute Gasteiger partial charge is 0.319 e. The summed E-state index contributed by atoms with van der Waals surface area (Å²) in [4.78, 5) is 1.45. The lowest BCUT2D eigenvalue weighted by Crippen LogP contribution is -2.34. The van der Waals surface area contributed by atoms with E-state index in [1.165, 1.54) is 24.1 Å². The van der Waals surface area contributed by atoms with Crippen LogP contribution in [0.1, 0.15) is 56.4 Å². The lowest BCUT2D eigenvalue weighted by Gasteiger charge is -2.42. The molecular weight excluding hydrogens is 250 g/mol. The van der Waals surface area contributed by atoms with Gasteiger partial charge in [-0.05, 0) is 80.0 Å². The van der Waals surface area contributed by atoms with Gasteiger partial charge in [0.05, 0.1) is 0 Å². The van der Waals surface area contributed by atoms with Crippen molar-refractivity contribution in [2.45, 2.75) is 52.9 Å². The summed E-state index contributed by atoms with van der Waals surface area (Å²) in [5, 5.41) is 5.80. The molecule has 2 heteroatoms. The van der Waals surface area contributed by atoms with Crippen LogP contribution in [0.3, 0.4) is 0 Å². The topological polar surface area (TPSA) is 12.0 Å². The maximum absolute atomic E-state index is 3.40. The Morgan fingerprint density at radius 1 is 1.32 bits per heavy atom. The molecular formula is C17H29NS. The number of hydrogen-bond donors (Lipinski definition) is 1. The Bertz CT molecular complexity index is 402. The molecule has 0 spiro atoms. The van der Waals surface area contributed by atoms with Gasteiger partial charge in [-0.1, -0.05) is 20.8 Å². The van der Waals surface area contributed by atoms with Crippen molar-refractivity contribution in [1.29, 1.82) is 0 Å². The Morgan fingerprint density at radius 3 is 2.58 bits per heavy atom. The number of thiophene rings is 1. The summed E-state index contributed by atoms with van der Waals surface area (Å²) in [5.74, 6) is 2.44. The summed E-state index contributed by atoms with van der Waals surface area (Å²) in [6, 6.07) is 2.42. The van der Waals surface area contributed by atoms with E-state index in [-0.39, 0.29) is 0 Å². The number of hydrogen-bond acceptors (Lipinski definition) is 2. The van der Waals surface area contributed by atoms with Crippen molar-refractivity contribution in [2.24, 2.45) is 17.3 Å². The zero-order valence-corrected chi connectivity index (χ0v) is 13.9. The highest BCUT2D eigenvalue weighted by Crippen LogP contribution is 2.47. The van der Waals surface area contributed by atoms with Crippen LogP contribution in [0.25, 0.3) is 0 Å². The Kier molecular flexibility index (Phi) is 4.73. The van der Waals surface area contributed by atoms with E-state index in [0.717, 1.165) is 24.3 Å². The van der Waals surface area contributed by atoms with Gasteiger partial charge in [-0.25, -0.2) is 0 Å². The highest BCUT2D eigenvalue weighted by molar-refractivity contribution is 7.10. The quantitative estimate of drug-likeness (QED) is 0.836. The van der Waals surface area contributed by atoms with Crippen molar-refractivity contribution in [3.8, 4) is 0 Å². The lowest BCUT2D eigenvalue weighted by molar-refractivity contribution is 0.130. The fourth-order valence-corrected chi connectivity index (χ4v) is 4.36. The van der Waals surface area contributed by atoms with Gasteiger partial charge in [0, 0.05) is 4.88 Å². The molecule has 1 nitrogen and oxygen atoms in total. The lowest BCUT2D eigenvalue weighted by atomic mass is 9.64. The van der Waals surface area contributed by atoms with Gasteiger partial charge in [0.15, 0.2) is 0 Å². The van der Waals surface area contributed by atoms with Crippen molar-refractivity contribution in [2.75, 3.05) is 13.6 Å². The molecule has 0 saturated heterocycles. The van der Waals surface area contributed by atoms with Crippen LogP contribution < -0.4 is 5.32 Å². The molecule has 0 aromatic carbocycles. The number of rotatable bonds is 3. The molecule has 0 bridgehead atoms. The normalized spacial score (nSPS) is 28.6. The molecule has 0 radical (unpaired) electrons. The molecule has 0 amide bonds. The zero-order valence-electron chi connectivity index (χ0n) is 13.1. The third-order valence-electron chi connectivity index (χ3n) is 4.86. The molecule has 3 unspecified atom stereocenters. The second-order valence-electron chi connectivity index (χ2n) is 7.29. The van der Waals surface area contributed by atoms with Crippen LogP contribution in [-0.4, -0.2) is 13.6 Å². The molecule has 1 N–H and O–H groups in total. The highest BCUT2D eigenvalue weighted by atomic mass is 32.1. The van der Waals surface area contributed by atoms with E-state index >= 15 is 0 Å². The van der Waals surface area contributed by atoms with E-state index in [2.05, 4.69) is 51.5 Å². The maximum atomic E-state index is 3.40. The average Bonchev–Trinajstić information content (AvgIpc) is 2.75. The third kappa shape index (κ3) is 3.61. The van der Waals surface area contributed by atoms with E-state index in [9.17, 15) is 0 Å². The van der Waals surface area contributed by atoms with Crippen LogP contribution >= 0.6 is 11.3 Å². The standard InChI is InChI=1S/C17H29NS/c1-12-8-14(11-19-12)16-9-15(17(2,3)4)7-6-13(16)10-18-5/h8,11,13,15-16,18H,6-7,9-10H2,1-5H3. The van der Waals surface area contributed by atoms with E-state index in [1.54, 1.807) is 5.56 Å². The van der Waals surface area contributed by atoms with Crippen molar-refractivity contribution < 1.29 is 0 Å². The maximum Gasteiger partial charge on any atom is 0.00171 e. The minimum atomic E-state index is 0.452. The Morgan fingerprint density at radius 2 is 2.05 bits per heavy atom. The second-order valence-corrected chi connectivity index (χ2v) is 8.41. The Hall–Kier alpha value is -0.340. The molecule has 1 saturated carbocycles. The van der Waals surface area contributed by atoms with Gasteiger partial charge in [0.1, 0.15) is 0 Å². The van der Waals surface area contributed by atoms with Crippen LogP contribution in [0.15, 0.2) is 11.4 Å². The molecule has 1 aliphatic rings. The Balaban J connectivity index is 2.17. The molecule has 1 aliphatic carbocycles. The van der Waals surface area contributed by atoms with E-state index in [4.69, 9.17) is 0 Å². The van der Waals surface area contributed by atoms with Gasteiger partial charge in [-0.15, -0.1) is 11.3 Å². The third-order valence-corrected chi connectivity index (χ3v) is 5.74. The summed E-state index contributed by atoms with van der Waals surface area (Å²) < 4.78 is 0. The molecule has 1 heterocycles. The van der Waals surface area contributed by atoms with Crippen LogP contribution in [-0.2, 0) is 0 Å². The van der Waals surface area contributed by atoms with Gasteiger partial charge in [-0.3, -0.25) is 0 Å². The first-order valence-electron chi connectivity index (χ1n) is 7.61. The van der Waals surface area contributed by atoms with E-state index < -0.39 is 0 Å². The first-order valence-corrected chi connectivity index (χ1v) is 8.49. The van der Waals surface area contributed by atoms with Crippen molar-refractivity contribution >= 4 is 11.3 Å². The van der Waals surface area contributed by atoms with Crippen LogP contribution in [0.5, 0.6) is 0 Å². The van der Waals surface area contributed by atoms with Gasteiger partial charge >= 0.3 is 0 Å². The molecule has 2 rings (SSSR count). The van der Waals surface area contributed by atoms with Crippen molar-refractivity contribution in [1.82, 2.24) is 5.32 Å². The first-order chi connectivity index (χ1) is 8.91. The molecule has 3 atom stereocenters. The molecule has 19 heavy (non-hydrogen) atoms. The molecule has 1 fully saturated rings. The van der Waals surface area contributed by atoms with Crippen LogP contribution in [0.4, 0.5) is 0 Å².